The van der Waals surface area contributed by atoms with E-state index >= 15 is 0 Å². The number of likely N-dealkylation sites (tertiary alicyclic amines) is 1. The van der Waals surface area contributed by atoms with Crippen LogP contribution in [-0.4, -0.2) is 45.1 Å². The third-order valence-electron chi connectivity index (χ3n) is 3.15. The van der Waals surface area contributed by atoms with E-state index in [0.29, 0.717) is 6.54 Å². The summed E-state index contributed by atoms with van der Waals surface area (Å²) in [6, 6.07) is -0.252. The van der Waals surface area contributed by atoms with Gasteiger partial charge < -0.3 is 15.0 Å². The second-order valence-corrected chi connectivity index (χ2v) is 4.32. The summed E-state index contributed by atoms with van der Waals surface area (Å²) in [7, 11) is 0. The fraction of sp³-hybridized carbons (Fsp3) is 0.545. The number of aliphatic hydroxyl groups is 1. The van der Waals surface area contributed by atoms with Crippen LogP contribution in [0.15, 0.2) is 15.8 Å². The molecule has 1 amide bonds. The molecule has 0 aliphatic carbocycles. The predicted octanol–water partition coefficient (Wildman–Crippen LogP) is -0.950. The van der Waals surface area contributed by atoms with Crippen molar-refractivity contribution >= 4 is 5.91 Å². The predicted molar refractivity (Wildman–Crippen MR) is 63.4 cm³/mol. The number of piperidine rings is 1. The van der Waals surface area contributed by atoms with E-state index in [1.54, 1.807) is 0 Å². The third-order valence-corrected chi connectivity index (χ3v) is 3.15. The second kappa shape index (κ2) is 5.18. The molecule has 0 aromatic carbocycles. The zero-order valence-corrected chi connectivity index (χ0v) is 9.81. The lowest BCUT2D eigenvalue weighted by molar-refractivity contribution is 0.0500. The van der Waals surface area contributed by atoms with Crippen LogP contribution in [0.2, 0.25) is 0 Å². The first-order chi connectivity index (χ1) is 8.63. The van der Waals surface area contributed by atoms with E-state index in [0.717, 1.165) is 25.5 Å². The van der Waals surface area contributed by atoms with Crippen molar-refractivity contribution in [1.82, 2.24) is 14.9 Å². The molecular weight excluding hydrogens is 238 g/mol. The fourth-order valence-electron chi connectivity index (χ4n) is 2.18. The third kappa shape index (κ3) is 2.35. The number of nitrogens with zero attached hydrogens (tertiary/aromatic N) is 1. The summed E-state index contributed by atoms with van der Waals surface area (Å²) in [6.45, 7) is 0.398. The summed E-state index contributed by atoms with van der Waals surface area (Å²) in [6.07, 6.45) is 3.65. The molecule has 0 bridgehead atoms. The van der Waals surface area contributed by atoms with E-state index in [1.165, 1.54) is 4.90 Å². The summed E-state index contributed by atoms with van der Waals surface area (Å²) in [5, 5.41) is 9.23. The Labute approximate surface area is 102 Å². The molecule has 18 heavy (non-hydrogen) atoms. The van der Waals surface area contributed by atoms with Crippen molar-refractivity contribution in [3.63, 3.8) is 0 Å². The molecule has 2 heterocycles. The SMILES string of the molecule is O=C(c1c[nH]c(=O)[nH]c1=O)N1CCCCC1CO. The quantitative estimate of drug-likeness (QED) is 0.631. The minimum Gasteiger partial charge on any atom is -0.394 e. The van der Waals surface area contributed by atoms with Gasteiger partial charge in [-0.05, 0) is 19.3 Å². The first kappa shape index (κ1) is 12.6. The zero-order chi connectivity index (χ0) is 13.1. The minimum atomic E-state index is -0.703. The van der Waals surface area contributed by atoms with Gasteiger partial charge in [0.25, 0.3) is 11.5 Å². The average Bonchev–Trinajstić information content (AvgIpc) is 2.38. The molecular formula is C11H15N3O4. The summed E-state index contributed by atoms with van der Waals surface area (Å²) in [5.41, 5.74) is -1.45. The molecule has 98 valence electrons. The lowest BCUT2D eigenvalue weighted by Gasteiger charge is -2.34. The Morgan fingerprint density at radius 3 is 2.89 bits per heavy atom. The molecule has 7 nitrogen and oxygen atoms in total. The van der Waals surface area contributed by atoms with Crippen molar-refractivity contribution in [3.8, 4) is 0 Å². The van der Waals surface area contributed by atoms with E-state index in [-0.39, 0.29) is 18.2 Å². The highest BCUT2D eigenvalue weighted by atomic mass is 16.3. The topological polar surface area (TPSA) is 106 Å². The number of rotatable bonds is 2. The van der Waals surface area contributed by atoms with E-state index in [9.17, 15) is 19.5 Å². The molecule has 1 aliphatic rings. The summed E-state index contributed by atoms with van der Waals surface area (Å²) in [4.78, 5) is 40.4. The molecule has 1 saturated heterocycles. The molecule has 1 aromatic heterocycles. The number of hydrogen-bond donors (Lipinski definition) is 3. The van der Waals surface area contributed by atoms with E-state index in [2.05, 4.69) is 4.98 Å². The number of aromatic nitrogens is 2. The van der Waals surface area contributed by atoms with Gasteiger partial charge in [0.15, 0.2) is 0 Å². The maximum atomic E-state index is 12.2. The van der Waals surface area contributed by atoms with Crippen LogP contribution in [0.1, 0.15) is 29.6 Å². The van der Waals surface area contributed by atoms with Gasteiger partial charge in [-0.25, -0.2) is 4.79 Å². The number of hydrogen-bond acceptors (Lipinski definition) is 4. The Kier molecular flexibility index (Phi) is 3.61. The monoisotopic (exact) mass is 253 g/mol. The van der Waals surface area contributed by atoms with Gasteiger partial charge in [-0.3, -0.25) is 14.6 Å². The van der Waals surface area contributed by atoms with Crippen LogP contribution in [0.5, 0.6) is 0 Å². The molecule has 0 spiro atoms. The van der Waals surface area contributed by atoms with Crippen molar-refractivity contribution < 1.29 is 9.90 Å². The van der Waals surface area contributed by atoms with Gasteiger partial charge in [0.1, 0.15) is 5.56 Å². The van der Waals surface area contributed by atoms with Crippen LogP contribution in [-0.2, 0) is 0 Å². The molecule has 7 heteroatoms. The maximum absolute atomic E-state index is 12.2. The number of aromatic amines is 2. The van der Waals surface area contributed by atoms with E-state index in [4.69, 9.17) is 0 Å². The lowest BCUT2D eigenvalue weighted by Crippen LogP contribution is -2.47. The number of carbonyl (C=O) groups is 1. The number of H-pyrrole nitrogens is 2. The average molecular weight is 253 g/mol. The molecule has 2 rings (SSSR count). The Bertz CT molecular complexity index is 548. The van der Waals surface area contributed by atoms with E-state index < -0.39 is 17.2 Å². The molecule has 1 atom stereocenters. The molecule has 0 saturated carbocycles. The van der Waals surface area contributed by atoms with Crippen molar-refractivity contribution in [2.24, 2.45) is 0 Å². The van der Waals surface area contributed by atoms with Crippen molar-refractivity contribution in [2.75, 3.05) is 13.2 Å². The van der Waals surface area contributed by atoms with Gasteiger partial charge in [-0.1, -0.05) is 0 Å². The van der Waals surface area contributed by atoms with E-state index in [1.807, 2.05) is 4.98 Å². The van der Waals surface area contributed by atoms with Crippen LogP contribution in [0, 0.1) is 0 Å². The standard InChI is InChI=1S/C11H15N3O4/c15-6-7-3-1-2-4-14(7)10(17)8-5-12-11(18)13-9(8)16/h5,7,15H,1-4,6H2,(H2,12,13,16,18). The van der Waals surface area contributed by atoms with Crippen molar-refractivity contribution in [2.45, 2.75) is 25.3 Å². The summed E-state index contributed by atoms with van der Waals surface area (Å²) >= 11 is 0. The number of nitrogens with one attached hydrogen (secondary N) is 2. The summed E-state index contributed by atoms with van der Waals surface area (Å²) < 4.78 is 0. The first-order valence-electron chi connectivity index (χ1n) is 5.87. The second-order valence-electron chi connectivity index (χ2n) is 4.32. The smallest absolute Gasteiger partial charge is 0.325 e. The van der Waals surface area contributed by atoms with Crippen LogP contribution in [0.4, 0.5) is 0 Å². The van der Waals surface area contributed by atoms with Crippen molar-refractivity contribution in [1.29, 1.82) is 0 Å². The number of carbonyl (C=O) groups excluding carboxylic acids is 1. The van der Waals surface area contributed by atoms with Gasteiger partial charge in [0.2, 0.25) is 0 Å². The normalized spacial score (nSPS) is 19.8. The molecule has 1 fully saturated rings. The molecule has 0 radical (unpaired) electrons. The Morgan fingerprint density at radius 1 is 1.44 bits per heavy atom. The minimum absolute atomic E-state index is 0.102. The van der Waals surface area contributed by atoms with Gasteiger partial charge >= 0.3 is 5.69 Å². The molecule has 1 aliphatic heterocycles. The Morgan fingerprint density at radius 2 is 2.22 bits per heavy atom. The largest absolute Gasteiger partial charge is 0.394 e. The van der Waals surface area contributed by atoms with Crippen molar-refractivity contribution in [3.05, 3.63) is 32.6 Å². The van der Waals surface area contributed by atoms with Gasteiger partial charge in [-0.15, -0.1) is 0 Å². The molecule has 3 N–H and O–H groups in total. The zero-order valence-electron chi connectivity index (χ0n) is 9.81. The Balaban J connectivity index is 2.29. The molecule has 1 unspecified atom stereocenters. The van der Waals surface area contributed by atoms with Gasteiger partial charge in [0, 0.05) is 12.7 Å². The molecule has 1 aromatic rings. The highest BCUT2D eigenvalue weighted by Crippen LogP contribution is 2.17. The highest BCUT2D eigenvalue weighted by molar-refractivity contribution is 5.93. The highest BCUT2D eigenvalue weighted by Gasteiger charge is 2.28. The van der Waals surface area contributed by atoms with Crippen LogP contribution >= 0.6 is 0 Å². The first-order valence-corrected chi connectivity index (χ1v) is 5.87. The van der Waals surface area contributed by atoms with Gasteiger partial charge in [0.05, 0.1) is 12.6 Å². The maximum Gasteiger partial charge on any atom is 0.325 e. The fourth-order valence-corrected chi connectivity index (χ4v) is 2.18. The lowest BCUT2D eigenvalue weighted by atomic mass is 10.0. The number of aliphatic hydroxyl groups excluding tert-OH is 1. The van der Waals surface area contributed by atoms with Crippen LogP contribution < -0.4 is 11.2 Å². The van der Waals surface area contributed by atoms with Gasteiger partial charge in [-0.2, -0.15) is 0 Å². The van der Waals surface area contributed by atoms with Crippen LogP contribution in [0.3, 0.4) is 0 Å². The Hall–Kier alpha value is -1.89. The van der Waals surface area contributed by atoms with Crippen LogP contribution in [0.25, 0.3) is 0 Å². The summed E-state index contributed by atoms with van der Waals surface area (Å²) in [5.74, 6) is -0.453. The number of amides is 1.